The zero-order chi connectivity index (χ0) is 15.4. The maximum atomic E-state index is 11.9. The van der Waals surface area contributed by atoms with Gasteiger partial charge in [-0.3, -0.25) is 4.79 Å². The van der Waals surface area contributed by atoms with Crippen LogP contribution in [0.5, 0.6) is 0 Å². The van der Waals surface area contributed by atoms with Gasteiger partial charge in [0.1, 0.15) is 0 Å². The summed E-state index contributed by atoms with van der Waals surface area (Å²) in [7, 11) is 3.83. The second-order valence-electron chi connectivity index (χ2n) is 4.54. The van der Waals surface area contributed by atoms with E-state index >= 15 is 0 Å². The fourth-order valence-electron chi connectivity index (χ4n) is 1.65. The molecule has 110 valence electrons. The summed E-state index contributed by atoms with van der Waals surface area (Å²) in [6, 6.07) is 10.2. The molecule has 6 heteroatoms. The summed E-state index contributed by atoms with van der Waals surface area (Å²) in [5.41, 5.74) is 1.40. The van der Waals surface area contributed by atoms with Gasteiger partial charge in [0.05, 0.1) is 14.8 Å². The zero-order valence-electron chi connectivity index (χ0n) is 11.6. The molecule has 0 aliphatic heterocycles. The molecule has 2 aromatic rings. The molecule has 0 aliphatic rings. The lowest BCUT2D eigenvalue weighted by atomic mass is 10.2. The molecule has 0 bridgehead atoms. The highest BCUT2D eigenvalue weighted by Gasteiger charge is 2.13. The van der Waals surface area contributed by atoms with E-state index in [1.54, 1.807) is 24.3 Å². The smallest absolute Gasteiger partial charge is 0.338 e. The Morgan fingerprint density at radius 2 is 1.81 bits per heavy atom. The van der Waals surface area contributed by atoms with Crippen molar-refractivity contribution in [1.82, 2.24) is 0 Å². The number of rotatable bonds is 5. The molecule has 0 N–H and O–H groups in total. The van der Waals surface area contributed by atoms with E-state index in [9.17, 15) is 9.59 Å². The first-order valence-corrected chi connectivity index (χ1v) is 7.40. The number of halogens is 1. The quantitative estimate of drug-likeness (QED) is 0.624. The third-order valence-electron chi connectivity index (χ3n) is 2.80. The topological polar surface area (TPSA) is 46.6 Å². The molecule has 4 nitrogen and oxygen atoms in total. The van der Waals surface area contributed by atoms with Crippen molar-refractivity contribution >= 4 is 40.4 Å². The number of hydrogen-bond acceptors (Lipinski definition) is 5. The number of benzene rings is 1. The summed E-state index contributed by atoms with van der Waals surface area (Å²) >= 11 is 6.93. The first kappa shape index (κ1) is 15.5. The zero-order valence-corrected chi connectivity index (χ0v) is 13.2. The molecule has 1 aromatic heterocycles. The van der Waals surface area contributed by atoms with E-state index in [4.69, 9.17) is 16.3 Å². The average Bonchev–Trinajstić information content (AvgIpc) is 2.91. The summed E-state index contributed by atoms with van der Waals surface area (Å²) < 4.78 is 5.55. The fourth-order valence-corrected chi connectivity index (χ4v) is 2.61. The predicted molar refractivity (Wildman–Crippen MR) is 84.7 cm³/mol. The number of nitrogens with zero attached hydrogens (tertiary/aromatic N) is 1. The van der Waals surface area contributed by atoms with Gasteiger partial charge in [0.2, 0.25) is 5.78 Å². The molecule has 1 heterocycles. The van der Waals surface area contributed by atoms with E-state index < -0.39 is 5.97 Å². The summed E-state index contributed by atoms with van der Waals surface area (Å²) in [4.78, 5) is 26.1. The van der Waals surface area contributed by atoms with E-state index in [0.717, 1.165) is 5.69 Å². The maximum Gasteiger partial charge on any atom is 0.338 e. The largest absolute Gasteiger partial charge is 0.454 e. The lowest BCUT2D eigenvalue weighted by Crippen LogP contribution is -2.14. The van der Waals surface area contributed by atoms with Crippen LogP contribution in [0.25, 0.3) is 0 Å². The van der Waals surface area contributed by atoms with Crippen LogP contribution >= 0.6 is 22.9 Å². The van der Waals surface area contributed by atoms with Gasteiger partial charge in [0.15, 0.2) is 6.61 Å². The molecule has 21 heavy (non-hydrogen) atoms. The number of hydrogen-bond donors (Lipinski definition) is 0. The van der Waals surface area contributed by atoms with Crippen molar-refractivity contribution in [1.29, 1.82) is 0 Å². The monoisotopic (exact) mass is 323 g/mol. The number of carbonyl (C=O) groups is 2. The number of thiophene rings is 1. The van der Waals surface area contributed by atoms with Crippen LogP contribution in [-0.4, -0.2) is 32.5 Å². The van der Waals surface area contributed by atoms with Crippen molar-refractivity contribution < 1.29 is 14.3 Å². The van der Waals surface area contributed by atoms with Crippen molar-refractivity contribution in [2.45, 2.75) is 0 Å². The van der Waals surface area contributed by atoms with E-state index in [-0.39, 0.29) is 12.4 Å². The van der Waals surface area contributed by atoms with E-state index in [2.05, 4.69) is 0 Å². The Labute approximate surface area is 131 Å². The van der Waals surface area contributed by atoms with Gasteiger partial charge in [0, 0.05) is 19.8 Å². The van der Waals surface area contributed by atoms with Gasteiger partial charge >= 0.3 is 5.97 Å². The van der Waals surface area contributed by atoms with Crippen LogP contribution in [0.15, 0.2) is 36.4 Å². The number of ketones is 1. The Kier molecular flexibility index (Phi) is 4.98. The molecule has 0 fully saturated rings. The van der Waals surface area contributed by atoms with Crippen molar-refractivity contribution in [2.75, 3.05) is 25.6 Å². The number of anilines is 1. The van der Waals surface area contributed by atoms with E-state index in [1.165, 1.54) is 11.3 Å². The molecular formula is C15H14ClNO3S. The predicted octanol–water partition coefficient (Wildman–Crippen LogP) is 3.51. The molecule has 2 rings (SSSR count). The van der Waals surface area contributed by atoms with Crippen molar-refractivity contribution in [3.05, 3.63) is 51.2 Å². The first-order chi connectivity index (χ1) is 9.97. The molecule has 0 amide bonds. The van der Waals surface area contributed by atoms with E-state index in [0.29, 0.717) is 14.8 Å². The molecule has 0 atom stereocenters. The van der Waals surface area contributed by atoms with Gasteiger partial charge < -0.3 is 9.64 Å². The Morgan fingerprint density at radius 3 is 2.33 bits per heavy atom. The molecular weight excluding hydrogens is 310 g/mol. The summed E-state index contributed by atoms with van der Waals surface area (Å²) in [5.74, 6) is -0.776. The molecule has 1 aromatic carbocycles. The van der Waals surface area contributed by atoms with Crippen LogP contribution in [0.4, 0.5) is 5.69 Å². The third kappa shape index (κ3) is 4.06. The second kappa shape index (κ2) is 6.74. The minimum Gasteiger partial charge on any atom is -0.454 e. The van der Waals surface area contributed by atoms with Crippen LogP contribution in [0.1, 0.15) is 20.0 Å². The Hall–Kier alpha value is -1.85. The highest BCUT2D eigenvalue weighted by atomic mass is 35.5. The lowest BCUT2D eigenvalue weighted by Gasteiger charge is -2.12. The SMILES string of the molecule is CN(C)c1ccc(C(=O)OCC(=O)c2ccc(Cl)s2)cc1. The minimum atomic E-state index is -0.517. The van der Waals surface area contributed by atoms with Gasteiger partial charge in [-0.25, -0.2) is 4.79 Å². The summed E-state index contributed by atoms with van der Waals surface area (Å²) in [6.07, 6.45) is 0. The Morgan fingerprint density at radius 1 is 1.14 bits per heavy atom. The average molecular weight is 324 g/mol. The first-order valence-electron chi connectivity index (χ1n) is 6.20. The second-order valence-corrected chi connectivity index (χ2v) is 6.26. The molecule has 0 saturated carbocycles. The van der Waals surface area contributed by atoms with Crippen molar-refractivity contribution in [2.24, 2.45) is 0 Å². The molecule has 0 saturated heterocycles. The summed E-state index contributed by atoms with van der Waals surface area (Å²) in [6.45, 7) is -0.287. The number of carbonyl (C=O) groups excluding carboxylic acids is 2. The number of Topliss-reactive ketones (excluding diaryl/α,β-unsaturated/α-hetero) is 1. The molecule has 0 radical (unpaired) electrons. The molecule has 0 unspecified atom stereocenters. The summed E-state index contributed by atoms with van der Waals surface area (Å²) in [5, 5.41) is 0. The van der Waals surface area contributed by atoms with Crippen LogP contribution in [0, 0.1) is 0 Å². The van der Waals surface area contributed by atoms with Crippen LogP contribution in [-0.2, 0) is 4.74 Å². The third-order valence-corrected chi connectivity index (χ3v) is 4.07. The minimum absolute atomic E-state index is 0.259. The maximum absolute atomic E-state index is 11.9. The standard InChI is InChI=1S/C15H14ClNO3S/c1-17(2)11-5-3-10(4-6-11)15(19)20-9-12(18)13-7-8-14(16)21-13/h3-8H,9H2,1-2H3. The Bertz CT molecular complexity index is 649. The molecule has 0 aliphatic carbocycles. The van der Waals surface area contributed by atoms with Crippen molar-refractivity contribution in [3.8, 4) is 0 Å². The normalized spacial score (nSPS) is 10.2. The lowest BCUT2D eigenvalue weighted by molar-refractivity contribution is 0.0476. The van der Waals surface area contributed by atoms with Crippen LogP contribution in [0.3, 0.4) is 0 Å². The van der Waals surface area contributed by atoms with Crippen LogP contribution in [0.2, 0.25) is 4.34 Å². The van der Waals surface area contributed by atoms with Crippen LogP contribution < -0.4 is 4.90 Å². The van der Waals surface area contributed by atoms with E-state index in [1.807, 2.05) is 31.1 Å². The highest BCUT2D eigenvalue weighted by Crippen LogP contribution is 2.22. The highest BCUT2D eigenvalue weighted by molar-refractivity contribution is 7.18. The van der Waals surface area contributed by atoms with Gasteiger partial charge in [-0.15, -0.1) is 11.3 Å². The van der Waals surface area contributed by atoms with Crippen molar-refractivity contribution in [3.63, 3.8) is 0 Å². The number of ether oxygens (including phenoxy) is 1. The van der Waals surface area contributed by atoms with Gasteiger partial charge in [0.25, 0.3) is 0 Å². The fraction of sp³-hybridized carbons (Fsp3) is 0.200. The number of esters is 1. The van der Waals surface area contributed by atoms with Gasteiger partial charge in [-0.2, -0.15) is 0 Å². The van der Waals surface area contributed by atoms with Gasteiger partial charge in [-0.1, -0.05) is 11.6 Å². The Balaban J connectivity index is 1.94. The molecule has 0 spiro atoms. The van der Waals surface area contributed by atoms with Gasteiger partial charge in [-0.05, 0) is 36.4 Å².